The van der Waals surface area contributed by atoms with Crippen LogP contribution >= 0.6 is 0 Å². The van der Waals surface area contributed by atoms with Crippen molar-refractivity contribution in [3.8, 4) is 0 Å². The Kier molecular flexibility index (Phi) is 5.07. The smallest absolute Gasteiger partial charge is 0.159 e. The van der Waals surface area contributed by atoms with Gasteiger partial charge in [0, 0.05) is 44.9 Å². The van der Waals surface area contributed by atoms with Crippen LogP contribution in [0.25, 0.3) is 0 Å². The summed E-state index contributed by atoms with van der Waals surface area (Å²) in [4.78, 5) is 2.61. The number of methoxy groups -OCH3 is 1. The van der Waals surface area contributed by atoms with E-state index in [4.69, 9.17) is 4.74 Å². The lowest BCUT2D eigenvalue weighted by molar-refractivity contribution is 0.0818. The van der Waals surface area contributed by atoms with E-state index in [0.29, 0.717) is 12.0 Å². The highest BCUT2D eigenvalue weighted by Gasteiger charge is 2.37. The van der Waals surface area contributed by atoms with Gasteiger partial charge in [-0.3, -0.25) is 9.58 Å². The monoisotopic (exact) mass is 372 g/mol. The van der Waals surface area contributed by atoms with E-state index in [2.05, 4.69) is 38.6 Å². The van der Waals surface area contributed by atoms with Crippen LogP contribution in [0.5, 0.6) is 0 Å². The molecule has 1 fully saturated rings. The summed E-state index contributed by atoms with van der Waals surface area (Å²) >= 11 is 0. The minimum absolute atomic E-state index is 0.459. The van der Waals surface area contributed by atoms with Crippen molar-refractivity contribution in [3.05, 3.63) is 28.6 Å². The van der Waals surface area contributed by atoms with Crippen LogP contribution in [0.3, 0.4) is 0 Å². The summed E-state index contributed by atoms with van der Waals surface area (Å²) in [5, 5.41) is 13.3. The number of piperidine rings is 1. The van der Waals surface area contributed by atoms with Gasteiger partial charge < -0.3 is 9.30 Å². The van der Waals surface area contributed by atoms with E-state index in [9.17, 15) is 0 Å². The van der Waals surface area contributed by atoms with Crippen LogP contribution < -0.4 is 0 Å². The van der Waals surface area contributed by atoms with E-state index in [1.165, 1.54) is 55.7 Å². The molecular formula is C20H32N6O. The van der Waals surface area contributed by atoms with E-state index in [0.717, 1.165) is 31.2 Å². The zero-order chi connectivity index (χ0) is 19.0. The molecule has 2 aromatic heterocycles. The summed E-state index contributed by atoms with van der Waals surface area (Å²) in [6.45, 7) is 9.29. The molecule has 0 aliphatic carbocycles. The van der Waals surface area contributed by atoms with Crippen molar-refractivity contribution < 1.29 is 4.74 Å². The molecule has 7 heteroatoms. The fourth-order valence-corrected chi connectivity index (χ4v) is 4.86. The molecule has 0 N–H and O–H groups in total. The van der Waals surface area contributed by atoms with E-state index in [-0.39, 0.29) is 0 Å². The first kappa shape index (κ1) is 18.6. The van der Waals surface area contributed by atoms with Crippen LogP contribution in [0, 0.1) is 19.3 Å². The first-order valence-corrected chi connectivity index (χ1v) is 10.1. The standard InChI is InChI=1S/C20H32N6O/c1-15-17(16(2)24(3)23-15)13-25-10-7-20(8-11-25)6-5-18-21-22-19(14-27-4)26(18)12-9-20/h5-14H2,1-4H3. The molecule has 0 aromatic carbocycles. The molecule has 148 valence electrons. The number of rotatable bonds is 4. The molecule has 0 saturated carbocycles. The lowest BCUT2D eigenvalue weighted by atomic mass is 9.72. The number of fused-ring (bicyclic) bond motifs is 1. The lowest BCUT2D eigenvalue weighted by Gasteiger charge is -2.41. The summed E-state index contributed by atoms with van der Waals surface area (Å²) in [7, 11) is 3.76. The quantitative estimate of drug-likeness (QED) is 0.825. The van der Waals surface area contributed by atoms with Gasteiger partial charge in [0.2, 0.25) is 0 Å². The summed E-state index contributed by atoms with van der Waals surface area (Å²) in [6, 6.07) is 0. The molecule has 2 aromatic rings. The summed E-state index contributed by atoms with van der Waals surface area (Å²) in [6.07, 6.45) is 6.06. The topological polar surface area (TPSA) is 61.0 Å². The third kappa shape index (κ3) is 3.55. The summed E-state index contributed by atoms with van der Waals surface area (Å²) < 4.78 is 9.59. The SMILES string of the molecule is COCc1nnc2n1CCC1(CC2)CCN(Cc2c(C)nn(C)c2C)CC1. The van der Waals surface area contributed by atoms with Crippen LogP contribution in [0.15, 0.2) is 0 Å². The molecule has 1 saturated heterocycles. The van der Waals surface area contributed by atoms with Crippen LogP contribution in [-0.4, -0.2) is 49.6 Å². The number of aryl methyl sites for hydroxylation is 3. The van der Waals surface area contributed by atoms with Crippen molar-refractivity contribution in [3.63, 3.8) is 0 Å². The van der Waals surface area contributed by atoms with Gasteiger partial charge in [0.1, 0.15) is 12.4 Å². The third-order valence-corrected chi connectivity index (χ3v) is 6.88. The first-order chi connectivity index (χ1) is 13.0. The van der Waals surface area contributed by atoms with E-state index >= 15 is 0 Å². The Morgan fingerprint density at radius 2 is 1.78 bits per heavy atom. The minimum Gasteiger partial charge on any atom is -0.377 e. The molecular weight excluding hydrogens is 340 g/mol. The number of nitrogens with zero attached hydrogens (tertiary/aromatic N) is 6. The average molecular weight is 373 g/mol. The Bertz CT molecular complexity index is 800. The predicted molar refractivity (Wildman–Crippen MR) is 103 cm³/mol. The fraction of sp³-hybridized carbons (Fsp3) is 0.750. The second-order valence-electron chi connectivity index (χ2n) is 8.42. The Balaban J connectivity index is 1.39. The fourth-order valence-electron chi connectivity index (χ4n) is 4.86. The normalized spacial score (nSPS) is 20.0. The van der Waals surface area contributed by atoms with Gasteiger partial charge in [-0.2, -0.15) is 5.10 Å². The Labute approximate surface area is 161 Å². The maximum atomic E-state index is 5.28. The second-order valence-corrected chi connectivity index (χ2v) is 8.42. The van der Waals surface area contributed by atoms with E-state index in [1.807, 2.05) is 11.7 Å². The van der Waals surface area contributed by atoms with Crippen molar-refractivity contribution in [1.82, 2.24) is 29.4 Å². The van der Waals surface area contributed by atoms with Gasteiger partial charge >= 0.3 is 0 Å². The van der Waals surface area contributed by atoms with Crippen molar-refractivity contribution in [2.75, 3.05) is 20.2 Å². The van der Waals surface area contributed by atoms with Gasteiger partial charge in [0.15, 0.2) is 5.82 Å². The first-order valence-electron chi connectivity index (χ1n) is 10.1. The van der Waals surface area contributed by atoms with Gasteiger partial charge in [-0.1, -0.05) is 0 Å². The molecule has 27 heavy (non-hydrogen) atoms. The average Bonchev–Trinajstić information content (AvgIpc) is 3.08. The Hall–Kier alpha value is -1.73. The van der Waals surface area contributed by atoms with Gasteiger partial charge in [-0.25, -0.2) is 0 Å². The van der Waals surface area contributed by atoms with E-state index < -0.39 is 0 Å². The predicted octanol–water partition coefficient (Wildman–Crippen LogP) is 2.39. The second kappa shape index (κ2) is 7.36. The van der Waals surface area contributed by atoms with Crippen molar-refractivity contribution in [1.29, 1.82) is 0 Å². The molecule has 2 aliphatic rings. The maximum Gasteiger partial charge on any atom is 0.159 e. The van der Waals surface area contributed by atoms with Crippen molar-refractivity contribution >= 4 is 0 Å². The zero-order valence-corrected chi connectivity index (χ0v) is 17.2. The highest BCUT2D eigenvalue weighted by atomic mass is 16.5. The molecule has 0 unspecified atom stereocenters. The highest BCUT2D eigenvalue weighted by Crippen LogP contribution is 2.42. The molecule has 4 heterocycles. The molecule has 0 bridgehead atoms. The number of aromatic nitrogens is 5. The van der Waals surface area contributed by atoms with Gasteiger partial charge in [0.25, 0.3) is 0 Å². The van der Waals surface area contributed by atoms with Crippen LogP contribution in [0.1, 0.15) is 54.3 Å². The lowest BCUT2D eigenvalue weighted by Crippen LogP contribution is -2.40. The van der Waals surface area contributed by atoms with Crippen molar-refractivity contribution in [2.45, 2.75) is 65.6 Å². The number of hydrogen-bond donors (Lipinski definition) is 0. The van der Waals surface area contributed by atoms with Crippen LogP contribution in [0.4, 0.5) is 0 Å². The number of ether oxygens (including phenoxy) is 1. The molecule has 2 aliphatic heterocycles. The maximum absolute atomic E-state index is 5.28. The number of likely N-dealkylation sites (tertiary alicyclic amines) is 1. The minimum atomic E-state index is 0.459. The van der Waals surface area contributed by atoms with E-state index in [1.54, 1.807) is 7.11 Å². The molecule has 4 rings (SSSR count). The van der Waals surface area contributed by atoms with Crippen LogP contribution in [0.2, 0.25) is 0 Å². The Morgan fingerprint density at radius 3 is 2.44 bits per heavy atom. The van der Waals surface area contributed by atoms with Crippen molar-refractivity contribution in [2.24, 2.45) is 12.5 Å². The molecule has 1 spiro atoms. The molecule has 0 amide bonds. The largest absolute Gasteiger partial charge is 0.377 e. The zero-order valence-electron chi connectivity index (χ0n) is 17.2. The van der Waals surface area contributed by atoms with Crippen LogP contribution in [-0.2, 0) is 37.9 Å². The van der Waals surface area contributed by atoms with Gasteiger partial charge in [-0.15, -0.1) is 10.2 Å². The third-order valence-electron chi connectivity index (χ3n) is 6.88. The van der Waals surface area contributed by atoms with Gasteiger partial charge in [-0.05, 0) is 58.0 Å². The summed E-state index contributed by atoms with van der Waals surface area (Å²) in [5.74, 6) is 2.12. The highest BCUT2D eigenvalue weighted by molar-refractivity contribution is 5.24. The Morgan fingerprint density at radius 1 is 1.04 bits per heavy atom. The molecule has 0 radical (unpaired) electrons. The van der Waals surface area contributed by atoms with Gasteiger partial charge in [0.05, 0.1) is 5.69 Å². The molecule has 0 atom stereocenters. The number of hydrogen-bond acceptors (Lipinski definition) is 5. The summed E-state index contributed by atoms with van der Waals surface area (Å²) in [5.41, 5.74) is 4.34. The molecule has 7 nitrogen and oxygen atoms in total.